The minimum Gasteiger partial charge on any atom is -0.465 e. The summed E-state index contributed by atoms with van der Waals surface area (Å²) in [7, 11) is 0. The number of thioether (sulfide) groups is 1. The van der Waals surface area contributed by atoms with Crippen LogP contribution in [0.15, 0.2) is 34.2 Å². The number of ether oxygens (including phenoxy) is 2. The van der Waals surface area contributed by atoms with Crippen LogP contribution in [0.2, 0.25) is 0 Å². The molecule has 25 heavy (non-hydrogen) atoms. The molecule has 7 heteroatoms. The number of carbonyl (C=O) groups is 1. The maximum Gasteiger partial charge on any atom is 0.319 e. The molecule has 0 amide bonds. The van der Waals surface area contributed by atoms with Crippen LogP contribution in [0, 0.1) is 0 Å². The van der Waals surface area contributed by atoms with Gasteiger partial charge in [0.15, 0.2) is 5.16 Å². The SMILES string of the molecule is CCOC(=O)[C@H](C)Sc1nc2ccccc2c(=O)n1C[C@H]1CCCO1. The predicted octanol–water partition coefficient (Wildman–Crippen LogP) is 2.62. The van der Waals surface area contributed by atoms with Gasteiger partial charge in [0.2, 0.25) is 0 Å². The Hall–Kier alpha value is -1.86. The van der Waals surface area contributed by atoms with Gasteiger partial charge in [0.1, 0.15) is 5.25 Å². The molecule has 1 aliphatic rings. The van der Waals surface area contributed by atoms with E-state index in [0.717, 1.165) is 19.4 Å². The van der Waals surface area contributed by atoms with Crippen LogP contribution < -0.4 is 5.56 Å². The summed E-state index contributed by atoms with van der Waals surface area (Å²) in [6.45, 7) is 5.05. The molecule has 1 aromatic carbocycles. The number of fused-ring (bicyclic) bond motifs is 1. The highest BCUT2D eigenvalue weighted by Gasteiger charge is 2.23. The van der Waals surface area contributed by atoms with Crippen molar-refractivity contribution in [3.63, 3.8) is 0 Å². The van der Waals surface area contributed by atoms with Gasteiger partial charge in [0, 0.05) is 6.61 Å². The number of hydrogen-bond donors (Lipinski definition) is 0. The Morgan fingerprint density at radius 2 is 2.28 bits per heavy atom. The molecule has 1 fully saturated rings. The summed E-state index contributed by atoms with van der Waals surface area (Å²) in [5.74, 6) is -0.307. The number of rotatable bonds is 6. The number of esters is 1. The van der Waals surface area contributed by atoms with Crippen molar-refractivity contribution in [2.75, 3.05) is 13.2 Å². The highest BCUT2D eigenvalue weighted by molar-refractivity contribution is 8.00. The van der Waals surface area contributed by atoms with E-state index in [1.54, 1.807) is 24.5 Å². The first kappa shape index (κ1) is 17.9. The Bertz CT molecular complexity index is 814. The van der Waals surface area contributed by atoms with Crippen molar-refractivity contribution in [2.24, 2.45) is 0 Å². The zero-order chi connectivity index (χ0) is 17.8. The minimum atomic E-state index is -0.441. The van der Waals surface area contributed by atoms with Crippen LogP contribution in [0.3, 0.4) is 0 Å². The molecule has 0 bridgehead atoms. The van der Waals surface area contributed by atoms with E-state index in [1.165, 1.54) is 11.8 Å². The molecule has 1 aromatic heterocycles. The molecule has 1 saturated heterocycles. The van der Waals surface area contributed by atoms with E-state index in [1.807, 2.05) is 18.2 Å². The number of nitrogens with zero attached hydrogens (tertiary/aromatic N) is 2. The first-order valence-electron chi connectivity index (χ1n) is 8.54. The summed E-state index contributed by atoms with van der Waals surface area (Å²) in [6, 6.07) is 7.27. The normalized spacial score (nSPS) is 18.4. The van der Waals surface area contributed by atoms with E-state index in [4.69, 9.17) is 9.47 Å². The van der Waals surface area contributed by atoms with Crippen LogP contribution >= 0.6 is 11.8 Å². The molecule has 1 aliphatic heterocycles. The van der Waals surface area contributed by atoms with E-state index >= 15 is 0 Å². The highest BCUT2D eigenvalue weighted by Crippen LogP contribution is 2.25. The fourth-order valence-electron chi connectivity index (χ4n) is 2.86. The van der Waals surface area contributed by atoms with E-state index in [0.29, 0.717) is 29.2 Å². The second kappa shape index (κ2) is 8.01. The smallest absolute Gasteiger partial charge is 0.319 e. The largest absolute Gasteiger partial charge is 0.465 e. The van der Waals surface area contributed by atoms with Crippen LogP contribution in [0.1, 0.15) is 26.7 Å². The Morgan fingerprint density at radius 3 is 3.00 bits per heavy atom. The molecule has 3 rings (SSSR count). The molecule has 0 aliphatic carbocycles. The van der Waals surface area contributed by atoms with Crippen molar-refractivity contribution in [3.05, 3.63) is 34.6 Å². The molecular formula is C18H22N2O4S. The summed E-state index contributed by atoms with van der Waals surface area (Å²) in [4.78, 5) is 29.5. The number of aromatic nitrogens is 2. The van der Waals surface area contributed by atoms with Gasteiger partial charge >= 0.3 is 5.97 Å². The first-order chi connectivity index (χ1) is 12.1. The summed E-state index contributed by atoms with van der Waals surface area (Å²) in [6.07, 6.45) is 1.94. The van der Waals surface area contributed by atoms with Crippen LogP contribution in [-0.2, 0) is 20.8 Å². The monoisotopic (exact) mass is 362 g/mol. The Balaban J connectivity index is 1.98. The lowest BCUT2D eigenvalue weighted by molar-refractivity contribution is -0.142. The van der Waals surface area contributed by atoms with Gasteiger partial charge in [0.05, 0.1) is 30.2 Å². The van der Waals surface area contributed by atoms with Gasteiger partial charge in [-0.3, -0.25) is 14.2 Å². The molecule has 2 atom stereocenters. The van der Waals surface area contributed by atoms with Gasteiger partial charge in [-0.25, -0.2) is 4.98 Å². The Kier molecular flexibility index (Phi) is 5.75. The second-order valence-corrected chi connectivity index (χ2v) is 7.28. The fraction of sp³-hybridized carbons (Fsp3) is 0.500. The molecule has 0 spiro atoms. The lowest BCUT2D eigenvalue weighted by Crippen LogP contribution is -2.30. The second-order valence-electron chi connectivity index (χ2n) is 5.97. The average Bonchev–Trinajstić information content (AvgIpc) is 3.11. The van der Waals surface area contributed by atoms with E-state index in [9.17, 15) is 9.59 Å². The Morgan fingerprint density at radius 1 is 1.48 bits per heavy atom. The third-order valence-corrected chi connectivity index (χ3v) is 5.21. The summed E-state index contributed by atoms with van der Waals surface area (Å²) in [5, 5.41) is 0.664. The van der Waals surface area contributed by atoms with Crippen molar-refractivity contribution in [2.45, 2.75) is 49.7 Å². The van der Waals surface area contributed by atoms with Gasteiger partial charge in [0.25, 0.3) is 5.56 Å². The van der Waals surface area contributed by atoms with Gasteiger partial charge in [-0.1, -0.05) is 23.9 Å². The van der Waals surface area contributed by atoms with Crippen molar-refractivity contribution in [1.82, 2.24) is 9.55 Å². The maximum atomic E-state index is 13.0. The van der Waals surface area contributed by atoms with Gasteiger partial charge in [-0.15, -0.1) is 0 Å². The van der Waals surface area contributed by atoms with Crippen LogP contribution in [0.5, 0.6) is 0 Å². The molecule has 134 valence electrons. The number of para-hydroxylation sites is 1. The van der Waals surface area contributed by atoms with E-state index < -0.39 is 5.25 Å². The van der Waals surface area contributed by atoms with Crippen molar-refractivity contribution < 1.29 is 14.3 Å². The first-order valence-corrected chi connectivity index (χ1v) is 9.42. The van der Waals surface area contributed by atoms with Crippen LogP contribution in [0.25, 0.3) is 10.9 Å². The van der Waals surface area contributed by atoms with E-state index in [2.05, 4.69) is 4.98 Å². The quantitative estimate of drug-likeness (QED) is 0.447. The van der Waals surface area contributed by atoms with Crippen LogP contribution in [-0.4, -0.2) is 40.1 Å². The summed E-state index contributed by atoms with van der Waals surface area (Å²) < 4.78 is 12.4. The van der Waals surface area contributed by atoms with Gasteiger partial charge < -0.3 is 9.47 Å². The summed E-state index contributed by atoms with van der Waals surface area (Å²) in [5.41, 5.74) is 0.536. The molecule has 0 unspecified atom stereocenters. The van der Waals surface area contributed by atoms with Crippen molar-refractivity contribution in [3.8, 4) is 0 Å². The molecule has 2 aromatic rings. The zero-order valence-electron chi connectivity index (χ0n) is 14.4. The molecule has 0 N–H and O–H groups in total. The van der Waals surface area contributed by atoms with Crippen molar-refractivity contribution in [1.29, 1.82) is 0 Å². The molecule has 0 radical (unpaired) electrons. The topological polar surface area (TPSA) is 70.4 Å². The Labute approximate surface area is 150 Å². The van der Waals surface area contributed by atoms with Gasteiger partial charge in [-0.05, 0) is 38.8 Å². The number of benzene rings is 1. The molecule has 2 heterocycles. The maximum absolute atomic E-state index is 13.0. The summed E-state index contributed by atoms with van der Waals surface area (Å²) >= 11 is 1.25. The fourth-order valence-corrected chi connectivity index (χ4v) is 3.77. The van der Waals surface area contributed by atoms with E-state index in [-0.39, 0.29) is 17.6 Å². The molecular weight excluding hydrogens is 340 g/mol. The van der Waals surface area contributed by atoms with Gasteiger partial charge in [-0.2, -0.15) is 0 Å². The lowest BCUT2D eigenvalue weighted by Gasteiger charge is -2.18. The lowest BCUT2D eigenvalue weighted by atomic mass is 10.2. The van der Waals surface area contributed by atoms with Crippen molar-refractivity contribution >= 4 is 28.6 Å². The standard InChI is InChI=1S/C18H22N2O4S/c1-3-23-17(22)12(2)25-18-19-15-9-5-4-8-14(15)16(21)20(18)11-13-7-6-10-24-13/h4-5,8-9,12-13H,3,6-7,10-11H2,1-2H3/t12-,13+/m0/s1. The minimum absolute atomic E-state index is 0.0120. The zero-order valence-corrected chi connectivity index (χ0v) is 15.3. The third-order valence-electron chi connectivity index (χ3n) is 4.14. The molecule has 0 saturated carbocycles. The molecule has 6 nitrogen and oxygen atoms in total. The number of hydrogen-bond acceptors (Lipinski definition) is 6. The predicted molar refractivity (Wildman–Crippen MR) is 96.9 cm³/mol. The number of carbonyl (C=O) groups excluding carboxylic acids is 1. The third kappa shape index (κ3) is 4.04. The van der Waals surface area contributed by atoms with Crippen LogP contribution in [0.4, 0.5) is 0 Å². The average molecular weight is 362 g/mol. The highest BCUT2D eigenvalue weighted by atomic mass is 32.2.